The highest BCUT2D eigenvalue weighted by molar-refractivity contribution is 7.09. The van der Waals surface area contributed by atoms with Crippen LogP contribution in [-0.4, -0.2) is 51.8 Å². The van der Waals surface area contributed by atoms with E-state index in [1.54, 1.807) is 50.4 Å². The summed E-state index contributed by atoms with van der Waals surface area (Å²) in [5, 5.41) is 19.9. The van der Waals surface area contributed by atoms with Gasteiger partial charge in [-0.05, 0) is 56.2 Å². The Morgan fingerprint density at radius 2 is 1.65 bits per heavy atom. The van der Waals surface area contributed by atoms with Crippen molar-refractivity contribution in [2.75, 3.05) is 7.05 Å². The molecule has 46 heavy (non-hydrogen) atoms. The van der Waals surface area contributed by atoms with E-state index in [2.05, 4.69) is 15.6 Å². The van der Waals surface area contributed by atoms with Crippen LogP contribution in [0.5, 0.6) is 0 Å². The summed E-state index contributed by atoms with van der Waals surface area (Å²) < 4.78 is 39.8. The summed E-state index contributed by atoms with van der Waals surface area (Å²) in [4.78, 5) is 44.9. The van der Waals surface area contributed by atoms with Crippen molar-refractivity contribution in [2.24, 2.45) is 0 Å². The van der Waals surface area contributed by atoms with Crippen LogP contribution in [0.4, 0.5) is 13.2 Å². The molecule has 1 heterocycles. The molecule has 0 spiro atoms. The minimum absolute atomic E-state index is 0.0153. The maximum Gasteiger partial charge on any atom is 0.416 e. The molecular formula is C34H35F3N4O4S. The number of hydrogen-bond acceptors (Lipinski definition) is 7. The number of aliphatic hydroxyl groups excluding tert-OH is 1. The summed E-state index contributed by atoms with van der Waals surface area (Å²) in [6, 6.07) is 16.4. The number of amides is 2. The van der Waals surface area contributed by atoms with Gasteiger partial charge in [-0.25, -0.2) is 4.98 Å². The van der Waals surface area contributed by atoms with E-state index in [4.69, 9.17) is 0 Å². The first-order valence-corrected chi connectivity index (χ1v) is 15.4. The van der Waals surface area contributed by atoms with E-state index in [-0.39, 0.29) is 35.6 Å². The zero-order valence-electron chi connectivity index (χ0n) is 25.8. The number of carbonyl (C=O) groups excluding carboxylic acids is 3. The third kappa shape index (κ3) is 8.87. The third-order valence-corrected chi connectivity index (χ3v) is 8.34. The van der Waals surface area contributed by atoms with Crippen LogP contribution >= 0.6 is 11.3 Å². The van der Waals surface area contributed by atoms with Crippen LogP contribution in [0.3, 0.4) is 0 Å². The number of carbonyl (C=O) groups is 3. The van der Waals surface area contributed by atoms with Crippen LogP contribution in [0.2, 0.25) is 0 Å². The monoisotopic (exact) mass is 652 g/mol. The number of ketones is 1. The smallest absolute Gasteiger partial charge is 0.389 e. The number of benzene rings is 3. The van der Waals surface area contributed by atoms with Gasteiger partial charge < -0.3 is 20.6 Å². The highest BCUT2D eigenvalue weighted by Crippen LogP contribution is 2.30. The van der Waals surface area contributed by atoms with Crippen LogP contribution in [0.15, 0.2) is 78.2 Å². The van der Waals surface area contributed by atoms with E-state index in [0.717, 1.165) is 22.8 Å². The molecule has 0 fully saturated rings. The summed E-state index contributed by atoms with van der Waals surface area (Å²) in [7, 11) is 1.60. The zero-order chi connectivity index (χ0) is 33.6. The van der Waals surface area contributed by atoms with Gasteiger partial charge in [0.25, 0.3) is 11.8 Å². The van der Waals surface area contributed by atoms with Gasteiger partial charge in [0.05, 0.1) is 30.3 Å². The third-order valence-electron chi connectivity index (χ3n) is 7.39. The molecule has 0 saturated carbocycles. The van der Waals surface area contributed by atoms with Gasteiger partial charge in [-0.3, -0.25) is 14.4 Å². The van der Waals surface area contributed by atoms with Crippen molar-refractivity contribution in [3.63, 3.8) is 0 Å². The number of aliphatic hydroxyl groups is 1. The summed E-state index contributed by atoms with van der Waals surface area (Å²) in [6.45, 7) is 5.05. The maximum absolute atomic E-state index is 13.4. The molecule has 1 aromatic heterocycles. The second-order valence-corrected chi connectivity index (χ2v) is 12.1. The molecule has 3 aromatic carbocycles. The van der Waals surface area contributed by atoms with Gasteiger partial charge in [-0.2, -0.15) is 13.2 Å². The Morgan fingerprint density at radius 1 is 0.978 bits per heavy atom. The number of alkyl halides is 3. The molecular weight excluding hydrogens is 617 g/mol. The van der Waals surface area contributed by atoms with E-state index >= 15 is 0 Å². The van der Waals surface area contributed by atoms with Crippen LogP contribution < -0.4 is 10.6 Å². The molecule has 3 N–H and O–H groups in total. The number of nitrogens with zero attached hydrogens (tertiary/aromatic N) is 2. The molecule has 0 aliphatic rings. The van der Waals surface area contributed by atoms with E-state index in [1.165, 1.54) is 47.4 Å². The first-order valence-electron chi connectivity index (χ1n) is 14.5. The lowest BCUT2D eigenvalue weighted by molar-refractivity contribution is -0.137. The minimum atomic E-state index is -4.49. The van der Waals surface area contributed by atoms with Gasteiger partial charge in [-0.1, -0.05) is 48.5 Å². The number of Topliss-reactive ketones (excluding diaryl/α,β-unsaturated/α-hetero) is 1. The van der Waals surface area contributed by atoms with Crippen molar-refractivity contribution in [3.05, 3.63) is 122 Å². The largest absolute Gasteiger partial charge is 0.416 e. The number of thiazole rings is 1. The molecule has 0 aliphatic carbocycles. The molecule has 242 valence electrons. The molecule has 3 atom stereocenters. The number of halogens is 3. The first kappa shape index (κ1) is 34.5. The molecule has 0 aliphatic heterocycles. The topological polar surface area (TPSA) is 112 Å². The number of hydrogen-bond donors (Lipinski definition) is 3. The molecule has 2 amide bonds. The van der Waals surface area contributed by atoms with Gasteiger partial charge in [0.2, 0.25) is 0 Å². The standard InChI is InChI=1S/C34H35F3N4O4S/c1-20-19-46-29(39-20)18-41(4)33(45)27-15-25(22(3)42)14-26(16-27)32(44)40-21(2)31(43)30(24-10-6-5-7-11-24)38-17-23-9-8-12-28(13-23)34(35,36)37/h5-16,19,21,30-31,38,43H,17-18H2,1-4H3,(H,40,44). The van der Waals surface area contributed by atoms with Crippen molar-refractivity contribution in [3.8, 4) is 0 Å². The molecule has 0 bridgehead atoms. The number of nitrogens with one attached hydrogen (secondary N) is 2. The van der Waals surface area contributed by atoms with Gasteiger partial charge in [0.1, 0.15) is 5.01 Å². The Labute approximate surface area is 269 Å². The fourth-order valence-corrected chi connectivity index (χ4v) is 5.73. The SMILES string of the molecule is CC(=O)c1cc(C(=O)NC(C)C(O)C(NCc2cccc(C(F)(F)F)c2)c2ccccc2)cc(C(=O)N(C)Cc2nc(C)cs2)c1. The Morgan fingerprint density at radius 3 is 2.28 bits per heavy atom. The quantitative estimate of drug-likeness (QED) is 0.163. The number of aromatic nitrogens is 1. The molecule has 8 nitrogen and oxygen atoms in total. The Kier molecular flexibility index (Phi) is 11.1. The van der Waals surface area contributed by atoms with Crippen LogP contribution in [0.1, 0.15) is 78.4 Å². The predicted octanol–water partition coefficient (Wildman–Crippen LogP) is 5.96. The minimum Gasteiger partial charge on any atom is -0.389 e. The van der Waals surface area contributed by atoms with Crippen molar-refractivity contribution >= 4 is 28.9 Å². The summed E-state index contributed by atoms with van der Waals surface area (Å²) >= 11 is 1.42. The molecule has 3 unspecified atom stereocenters. The van der Waals surface area contributed by atoms with Gasteiger partial charge in [0.15, 0.2) is 5.78 Å². The fourth-order valence-electron chi connectivity index (χ4n) is 4.90. The summed E-state index contributed by atoms with van der Waals surface area (Å²) in [5.41, 5.74) is 1.47. The van der Waals surface area contributed by atoms with Crippen LogP contribution in [-0.2, 0) is 19.3 Å². The summed E-state index contributed by atoms with van der Waals surface area (Å²) in [6.07, 6.45) is -5.71. The Balaban J connectivity index is 1.52. The van der Waals surface area contributed by atoms with E-state index in [1.807, 2.05) is 12.3 Å². The molecule has 12 heteroatoms. The van der Waals surface area contributed by atoms with Crippen LogP contribution in [0.25, 0.3) is 0 Å². The van der Waals surface area contributed by atoms with E-state index < -0.39 is 41.7 Å². The highest BCUT2D eigenvalue weighted by atomic mass is 32.1. The van der Waals surface area contributed by atoms with Crippen molar-refractivity contribution in [1.29, 1.82) is 0 Å². The van der Waals surface area contributed by atoms with Crippen molar-refractivity contribution < 1.29 is 32.7 Å². The Hall–Kier alpha value is -4.39. The lowest BCUT2D eigenvalue weighted by Crippen LogP contribution is -2.47. The van der Waals surface area contributed by atoms with Gasteiger partial charge in [-0.15, -0.1) is 11.3 Å². The molecule has 0 radical (unpaired) electrons. The number of rotatable bonds is 12. The highest BCUT2D eigenvalue weighted by Gasteiger charge is 2.31. The normalized spacial score (nSPS) is 13.5. The van der Waals surface area contributed by atoms with E-state index in [9.17, 15) is 32.7 Å². The number of aryl methyl sites for hydroxylation is 1. The molecule has 4 aromatic rings. The Bertz CT molecular complexity index is 1690. The molecule has 4 rings (SSSR count). The second kappa shape index (κ2) is 14.8. The molecule has 0 saturated heterocycles. The van der Waals surface area contributed by atoms with Gasteiger partial charge in [0, 0.05) is 41.4 Å². The average molecular weight is 653 g/mol. The average Bonchev–Trinajstić information content (AvgIpc) is 3.44. The lowest BCUT2D eigenvalue weighted by Gasteiger charge is -2.30. The zero-order valence-corrected chi connectivity index (χ0v) is 26.6. The lowest BCUT2D eigenvalue weighted by atomic mass is 9.95. The fraction of sp³-hybridized carbons (Fsp3) is 0.294. The van der Waals surface area contributed by atoms with Gasteiger partial charge >= 0.3 is 6.18 Å². The van der Waals surface area contributed by atoms with Crippen molar-refractivity contribution in [2.45, 2.75) is 58.2 Å². The predicted molar refractivity (Wildman–Crippen MR) is 169 cm³/mol. The summed E-state index contributed by atoms with van der Waals surface area (Å²) in [5.74, 6) is -1.36. The maximum atomic E-state index is 13.4. The first-order chi connectivity index (χ1) is 21.7. The van der Waals surface area contributed by atoms with Crippen molar-refractivity contribution in [1.82, 2.24) is 20.5 Å². The second-order valence-electron chi connectivity index (χ2n) is 11.1. The van der Waals surface area contributed by atoms with E-state index in [0.29, 0.717) is 11.1 Å². The van der Waals surface area contributed by atoms with Crippen LogP contribution in [0, 0.1) is 6.92 Å².